The third kappa shape index (κ3) is 3.47. The van der Waals surface area contributed by atoms with Crippen LogP contribution in [0.4, 0.5) is 0 Å². The summed E-state index contributed by atoms with van der Waals surface area (Å²) in [5, 5.41) is 0. The molecule has 1 aromatic heterocycles. The van der Waals surface area contributed by atoms with Gasteiger partial charge >= 0.3 is 0 Å². The number of fused-ring (bicyclic) bond motifs is 1. The second-order valence-corrected chi connectivity index (χ2v) is 6.96. The van der Waals surface area contributed by atoms with Gasteiger partial charge in [0.25, 0.3) is 0 Å². The molecule has 120 valence electrons. The third-order valence-electron chi connectivity index (χ3n) is 4.16. The Labute approximate surface area is 136 Å². The quantitative estimate of drug-likeness (QED) is 0.417. The molecule has 0 N–H and O–H groups in total. The van der Waals surface area contributed by atoms with Crippen molar-refractivity contribution in [3.8, 4) is 5.75 Å². The van der Waals surface area contributed by atoms with Crippen LogP contribution in [0.2, 0.25) is 0 Å². The molecule has 0 spiro atoms. The van der Waals surface area contributed by atoms with Crippen LogP contribution in [0.5, 0.6) is 5.75 Å². The molecule has 4 nitrogen and oxygen atoms in total. The van der Waals surface area contributed by atoms with E-state index in [0.29, 0.717) is 12.7 Å². The largest absolute Gasteiger partial charge is 0.493 e. The van der Waals surface area contributed by atoms with Gasteiger partial charge in [0.15, 0.2) is 0 Å². The number of hydrogen-bond acceptors (Lipinski definition) is 5. The Morgan fingerprint density at radius 2 is 2.32 bits per heavy atom. The number of hydrogen-bond donors (Lipinski definition) is 0. The normalized spacial score (nSPS) is 25.8. The van der Waals surface area contributed by atoms with Crippen LogP contribution < -0.4 is 4.74 Å². The standard InChI is InChI=1S/C17H23NO3S/c1-13-14(12-22-17-8-4-3-6-16(17)21-17)18-9-7-15(13)20-11-5-10-19-2/h3-4,7,9,16H,5-6,8,10-12H2,1-2H3. The monoisotopic (exact) mass is 321 g/mol. The van der Waals surface area contributed by atoms with Gasteiger partial charge in [-0.3, -0.25) is 4.98 Å². The first-order chi connectivity index (χ1) is 10.7. The van der Waals surface area contributed by atoms with Gasteiger partial charge in [-0.2, -0.15) is 0 Å². The molecular formula is C17H23NO3S. The number of pyridine rings is 1. The van der Waals surface area contributed by atoms with Gasteiger partial charge in [0.05, 0.1) is 12.3 Å². The van der Waals surface area contributed by atoms with E-state index in [1.54, 1.807) is 7.11 Å². The summed E-state index contributed by atoms with van der Waals surface area (Å²) in [7, 11) is 1.71. The molecule has 1 aliphatic carbocycles. The lowest BCUT2D eigenvalue weighted by atomic mass is 10.1. The van der Waals surface area contributed by atoms with Gasteiger partial charge in [-0.15, -0.1) is 11.8 Å². The molecule has 22 heavy (non-hydrogen) atoms. The summed E-state index contributed by atoms with van der Waals surface area (Å²) in [6.45, 7) is 3.48. The highest BCUT2D eigenvalue weighted by Crippen LogP contribution is 2.54. The zero-order valence-corrected chi connectivity index (χ0v) is 14.0. The van der Waals surface area contributed by atoms with E-state index in [1.807, 2.05) is 24.0 Å². The molecule has 2 unspecified atom stereocenters. The number of nitrogens with zero attached hydrogens (tertiary/aromatic N) is 1. The number of methoxy groups -OCH3 is 1. The van der Waals surface area contributed by atoms with E-state index >= 15 is 0 Å². The molecule has 2 atom stereocenters. The Kier molecular flexibility index (Phi) is 5.06. The topological polar surface area (TPSA) is 43.9 Å². The predicted octanol–water partition coefficient (Wildman–Crippen LogP) is 3.48. The fourth-order valence-corrected chi connectivity index (χ4v) is 4.06. The second kappa shape index (κ2) is 7.02. The van der Waals surface area contributed by atoms with Crippen molar-refractivity contribution in [2.45, 2.75) is 43.0 Å². The van der Waals surface area contributed by atoms with E-state index in [0.717, 1.165) is 48.6 Å². The molecule has 0 saturated carbocycles. The molecular weight excluding hydrogens is 298 g/mol. The van der Waals surface area contributed by atoms with Crippen molar-refractivity contribution in [3.05, 3.63) is 35.7 Å². The smallest absolute Gasteiger partial charge is 0.144 e. The first-order valence-electron chi connectivity index (χ1n) is 7.78. The van der Waals surface area contributed by atoms with Crippen molar-refractivity contribution in [3.63, 3.8) is 0 Å². The van der Waals surface area contributed by atoms with Gasteiger partial charge in [-0.25, -0.2) is 0 Å². The van der Waals surface area contributed by atoms with Gasteiger partial charge in [0.2, 0.25) is 0 Å². The minimum absolute atomic E-state index is 0.0121. The van der Waals surface area contributed by atoms with E-state index in [-0.39, 0.29) is 4.93 Å². The van der Waals surface area contributed by atoms with Gasteiger partial charge in [0, 0.05) is 44.1 Å². The average molecular weight is 321 g/mol. The van der Waals surface area contributed by atoms with Crippen molar-refractivity contribution in [2.24, 2.45) is 0 Å². The Hall–Kier alpha value is -1.04. The summed E-state index contributed by atoms with van der Waals surface area (Å²) in [6, 6.07) is 1.94. The Bertz CT molecular complexity index is 549. The lowest BCUT2D eigenvalue weighted by Gasteiger charge is -2.15. The highest BCUT2D eigenvalue weighted by atomic mass is 32.2. The molecule has 1 aromatic rings. The fourth-order valence-electron chi connectivity index (χ4n) is 2.70. The van der Waals surface area contributed by atoms with E-state index in [2.05, 4.69) is 24.1 Å². The molecule has 2 heterocycles. The summed E-state index contributed by atoms with van der Waals surface area (Å²) in [5.41, 5.74) is 2.22. The van der Waals surface area contributed by atoms with Crippen LogP contribution >= 0.6 is 11.8 Å². The van der Waals surface area contributed by atoms with Crippen LogP contribution in [0.25, 0.3) is 0 Å². The lowest BCUT2D eigenvalue weighted by molar-refractivity contribution is 0.172. The van der Waals surface area contributed by atoms with Crippen molar-refractivity contribution >= 4 is 11.8 Å². The lowest BCUT2D eigenvalue weighted by Crippen LogP contribution is -2.12. The van der Waals surface area contributed by atoms with Crippen LogP contribution in [0.3, 0.4) is 0 Å². The number of epoxide rings is 1. The summed E-state index contributed by atoms with van der Waals surface area (Å²) in [6.07, 6.45) is 9.62. The summed E-state index contributed by atoms with van der Waals surface area (Å²) in [5.74, 6) is 1.79. The van der Waals surface area contributed by atoms with Crippen molar-refractivity contribution in [2.75, 3.05) is 20.3 Å². The second-order valence-electron chi connectivity index (χ2n) is 5.69. The first kappa shape index (κ1) is 15.8. The molecule has 2 aliphatic rings. The highest BCUT2D eigenvalue weighted by molar-refractivity contribution is 8.00. The molecule has 1 aliphatic heterocycles. The molecule has 0 radical (unpaired) electrons. The van der Waals surface area contributed by atoms with Crippen LogP contribution in [0.15, 0.2) is 24.4 Å². The summed E-state index contributed by atoms with van der Waals surface area (Å²) < 4.78 is 16.8. The van der Waals surface area contributed by atoms with Gasteiger partial charge in [0.1, 0.15) is 16.8 Å². The number of ether oxygens (including phenoxy) is 3. The van der Waals surface area contributed by atoms with Crippen LogP contribution in [0, 0.1) is 6.92 Å². The maximum atomic E-state index is 5.88. The van der Waals surface area contributed by atoms with Gasteiger partial charge in [-0.05, 0) is 19.4 Å². The van der Waals surface area contributed by atoms with E-state index in [9.17, 15) is 0 Å². The van der Waals surface area contributed by atoms with E-state index in [1.165, 1.54) is 0 Å². The van der Waals surface area contributed by atoms with Crippen molar-refractivity contribution in [1.82, 2.24) is 4.98 Å². The average Bonchev–Trinajstić information content (AvgIpc) is 3.26. The van der Waals surface area contributed by atoms with Crippen LogP contribution in [0.1, 0.15) is 30.5 Å². The van der Waals surface area contributed by atoms with Gasteiger partial charge in [-0.1, -0.05) is 12.2 Å². The minimum atomic E-state index is 0.0121. The highest BCUT2D eigenvalue weighted by Gasteiger charge is 2.56. The third-order valence-corrected chi connectivity index (χ3v) is 5.59. The minimum Gasteiger partial charge on any atom is -0.493 e. The molecule has 0 bridgehead atoms. The SMILES string of the molecule is COCCCOc1ccnc(CSC23CC=CCC2O3)c1C. The summed E-state index contributed by atoms with van der Waals surface area (Å²) in [4.78, 5) is 4.53. The van der Waals surface area contributed by atoms with E-state index < -0.39 is 0 Å². The van der Waals surface area contributed by atoms with Crippen molar-refractivity contribution in [1.29, 1.82) is 0 Å². The van der Waals surface area contributed by atoms with Gasteiger partial charge < -0.3 is 14.2 Å². The van der Waals surface area contributed by atoms with Crippen LogP contribution in [-0.4, -0.2) is 36.3 Å². The number of aromatic nitrogens is 1. The van der Waals surface area contributed by atoms with Crippen molar-refractivity contribution < 1.29 is 14.2 Å². The molecule has 3 rings (SSSR count). The van der Waals surface area contributed by atoms with E-state index in [4.69, 9.17) is 14.2 Å². The molecule has 1 saturated heterocycles. The maximum Gasteiger partial charge on any atom is 0.144 e. The number of rotatable bonds is 8. The Morgan fingerprint density at radius 1 is 1.41 bits per heavy atom. The maximum absolute atomic E-state index is 5.88. The zero-order valence-electron chi connectivity index (χ0n) is 13.2. The first-order valence-corrected chi connectivity index (χ1v) is 8.77. The van der Waals surface area contributed by atoms with Crippen LogP contribution in [-0.2, 0) is 15.2 Å². The molecule has 5 heteroatoms. The zero-order chi connectivity index (χ0) is 15.4. The fraction of sp³-hybridized carbons (Fsp3) is 0.588. The summed E-state index contributed by atoms with van der Waals surface area (Å²) >= 11 is 1.87. The molecule has 0 aromatic carbocycles. The molecule has 1 fully saturated rings. The number of thioether (sulfide) groups is 1. The molecule has 0 amide bonds. The Balaban J connectivity index is 1.56. The predicted molar refractivity (Wildman–Crippen MR) is 88.2 cm³/mol. The Morgan fingerprint density at radius 3 is 3.14 bits per heavy atom.